The first-order valence-electron chi connectivity index (χ1n) is 9.72. The normalized spacial score (nSPS) is 13.9. The molecule has 3 aromatic carbocycles. The summed E-state index contributed by atoms with van der Waals surface area (Å²) in [5, 5.41) is 5.41. The number of carbonyl (C=O) groups excluding carboxylic acids is 3. The first kappa shape index (κ1) is 23.8. The van der Waals surface area contributed by atoms with Gasteiger partial charge in [-0.2, -0.15) is 0 Å². The van der Waals surface area contributed by atoms with E-state index in [0.717, 1.165) is 8.95 Å². The Morgan fingerprint density at radius 2 is 1.29 bits per heavy atom. The lowest BCUT2D eigenvalue weighted by Gasteiger charge is -2.12. The SMILES string of the molecule is O=C1NC(=S)N/C1=C/c1ccc(OC(=O)c2ccc(Br)cc2)c(OC(=O)c2ccc(Br)cc2)c1. The summed E-state index contributed by atoms with van der Waals surface area (Å²) in [5.41, 5.74) is 1.37. The van der Waals surface area contributed by atoms with E-state index in [1.54, 1.807) is 54.6 Å². The van der Waals surface area contributed by atoms with Gasteiger partial charge in [0.25, 0.3) is 5.91 Å². The monoisotopic (exact) mass is 600 g/mol. The van der Waals surface area contributed by atoms with Crippen LogP contribution in [0.15, 0.2) is 81.4 Å². The van der Waals surface area contributed by atoms with Crippen molar-refractivity contribution in [1.29, 1.82) is 0 Å². The minimum Gasteiger partial charge on any atom is -0.419 e. The molecular weight excluding hydrogens is 588 g/mol. The van der Waals surface area contributed by atoms with Crippen LogP contribution in [0, 0.1) is 0 Å². The highest BCUT2D eigenvalue weighted by atomic mass is 79.9. The van der Waals surface area contributed by atoms with Crippen LogP contribution in [0.2, 0.25) is 0 Å². The van der Waals surface area contributed by atoms with Gasteiger partial charge in [0.05, 0.1) is 11.1 Å². The van der Waals surface area contributed by atoms with Gasteiger partial charge in [-0.1, -0.05) is 37.9 Å². The predicted octanol–water partition coefficient (Wildman–Crippen LogP) is 5.00. The van der Waals surface area contributed by atoms with Crippen LogP contribution < -0.4 is 20.1 Å². The minimum atomic E-state index is -0.642. The molecule has 1 heterocycles. The third kappa shape index (κ3) is 5.77. The van der Waals surface area contributed by atoms with Crippen LogP contribution in [0.4, 0.5) is 0 Å². The molecule has 1 aliphatic heterocycles. The zero-order chi connectivity index (χ0) is 24.2. The Hall–Kier alpha value is -3.34. The van der Waals surface area contributed by atoms with Crippen molar-refractivity contribution in [2.45, 2.75) is 0 Å². The fraction of sp³-hybridized carbons (Fsp3) is 0. The third-order valence-electron chi connectivity index (χ3n) is 4.56. The Balaban J connectivity index is 1.65. The van der Waals surface area contributed by atoms with Crippen molar-refractivity contribution in [2.75, 3.05) is 0 Å². The molecule has 0 saturated carbocycles. The number of hydrogen-bond donors (Lipinski definition) is 2. The number of amides is 1. The number of halogens is 2. The van der Waals surface area contributed by atoms with Crippen LogP contribution in [0.1, 0.15) is 26.3 Å². The van der Waals surface area contributed by atoms with Crippen molar-refractivity contribution in [3.63, 3.8) is 0 Å². The molecule has 0 bridgehead atoms. The second kappa shape index (κ2) is 10.3. The van der Waals surface area contributed by atoms with E-state index in [-0.39, 0.29) is 28.2 Å². The van der Waals surface area contributed by atoms with E-state index in [4.69, 9.17) is 21.7 Å². The molecule has 0 radical (unpaired) electrons. The Morgan fingerprint density at radius 1 is 0.765 bits per heavy atom. The van der Waals surface area contributed by atoms with Crippen molar-refractivity contribution in [1.82, 2.24) is 10.6 Å². The number of ether oxygens (including phenoxy) is 2. The van der Waals surface area contributed by atoms with Crippen LogP contribution >= 0.6 is 44.1 Å². The lowest BCUT2D eigenvalue weighted by Crippen LogP contribution is -2.21. The van der Waals surface area contributed by atoms with Gasteiger partial charge in [0.1, 0.15) is 5.70 Å². The summed E-state index contributed by atoms with van der Waals surface area (Å²) >= 11 is 11.6. The zero-order valence-electron chi connectivity index (χ0n) is 17.1. The molecule has 1 amide bonds. The van der Waals surface area contributed by atoms with E-state index in [2.05, 4.69) is 42.5 Å². The smallest absolute Gasteiger partial charge is 0.343 e. The highest BCUT2D eigenvalue weighted by Gasteiger charge is 2.21. The van der Waals surface area contributed by atoms with Gasteiger partial charge in [-0.05, 0) is 84.5 Å². The van der Waals surface area contributed by atoms with Gasteiger partial charge in [0.15, 0.2) is 16.6 Å². The summed E-state index contributed by atoms with van der Waals surface area (Å²) in [4.78, 5) is 37.3. The Kier molecular flexibility index (Phi) is 7.20. The van der Waals surface area contributed by atoms with Crippen molar-refractivity contribution in [2.24, 2.45) is 0 Å². The van der Waals surface area contributed by atoms with Gasteiger partial charge < -0.3 is 14.8 Å². The summed E-state index contributed by atoms with van der Waals surface area (Å²) < 4.78 is 12.7. The minimum absolute atomic E-state index is 0.00807. The van der Waals surface area contributed by atoms with E-state index in [1.807, 2.05) is 0 Å². The van der Waals surface area contributed by atoms with Crippen LogP contribution in [0.3, 0.4) is 0 Å². The van der Waals surface area contributed by atoms with Gasteiger partial charge in [0.2, 0.25) is 0 Å². The maximum Gasteiger partial charge on any atom is 0.343 e. The molecular formula is C24H14Br2N2O5S. The van der Waals surface area contributed by atoms with Gasteiger partial charge >= 0.3 is 11.9 Å². The van der Waals surface area contributed by atoms with Gasteiger partial charge in [-0.15, -0.1) is 0 Å². The molecule has 4 rings (SSSR count). The Labute approximate surface area is 216 Å². The van der Waals surface area contributed by atoms with Gasteiger partial charge in [-0.3, -0.25) is 10.1 Å². The van der Waals surface area contributed by atoms with Crippen LogP contribution in [-0.2, 0) is 4.79 Å². The van der Waals surface area contributed by atoms with Crippen LogP contribution in [0.25, 0.3) is 6.08 Å². The molecule has 0 aliphatic carbocycles. The molecule has 3 aromatic rings. The summed E-state index contributed by atoms with van der Waals surface area (Å²) in [6.45, 7) is 0. The Bertz CT molecular complexity index is 1340. The molecule has 7 nitrogen and oxygen atoms in total. The van der Waals surface area contributed by atoms with Crippen LogP contribution in [-0.4, -0.2) is 23.0 Å². The molecule has 10 heteroatoms. The van der Waals surface area contributed by atoms with E-state index in [9.17, 15) is 14.4 Å². The number of esters is 2. The number of benzene rings is 3. The van der Waals surface area contributed by atoms with Crippen molar-refractivity contribution < 1.29 is 23.9 Å². The fourth-order valence-corrected chi connectivity index (χ4v) is 3.65. The number of rotatable bonds is 5. The molecule has 0 unspecified atom stereocenters. The summed E-state index contributed by atoms with van der Waals surface area (Å²) in [5.74, 6) is -1.60. The lowest BCUT2D eigenvalue weighted by atomic mass is 10.1. The number of thiocarbonyl (C=S) groups is 1. The Morgan fingerprint density at radius 3 is 1.79 bits per heavy atom. The maximum atomic E-state index is 12.7. The standard InChI is InChI=1S/C24H14Br2N2O5S/c25-16-6-2-14(3-7-16)22(30)32-19-10-1-13(11-18-21(29)28-24(34)27-18)12-20(19)33-23(31)15-4-8-17(26)9-5-15/h1-12H,(H2,27,28,29,34)/b18-11+. The maximum absolute atomic E-state index is 12.7. The first-order chi connectivity index (χ1) is 16.3. The quantitative estimate of drug-likeness (QED) is 0.184. The highest BCUT2D eigenvalue weighted by molar-refractivity contribution is 9.10. The largest absolute Gasteiger partial charge is 0.419 e. The number of hydrogen-bond acceptors (Lipinski definition) is 6. The van der Waals surface area contributed by atoms with E-state index in [1.165, 1.54) is 18.2 Å². The summed E-state index contributed by atoms with van der Waals surface area (Å²) in [6, 6.07) is 17.8. The molecule has 0 aromatic heterocycles. The third-order valence-corrected chi connectivity index (χ3v) is 5.83. The highest BCUT2D eigenvalue weighted by Crippen LogP contribution is 2.31. The molecule has 2 N–H and O–H groups in total. The van der Waals surface area contributed by atoms with Crippen LogP contribution in [0.5, 0.6) is 11.5 Å². The molecule has 1 saturated heterocycles. The molecule has 34 heavy (non-hydrogen) atoms. The average Bonchev–Trinajstić information content (AvgIpc) is 3.12. The van der Waals surface area contributed by atoms with E-state index >= 15 is 0 Å². The molecule has 1 aliphatic rings. The molecule has 0 spiro atoms. The topological polar surface area (TPSA) is 93.7 Å². The lowest BCUT2D eigenvalue weighted by molar-refractivity contribution is -0.115. The predicted molar refractivity (Wildman–Crippen MR) is 136 cm³/mol. The molecule has 1 fully saturated rings. The average molecular weight is 602 g/mol. The molecule has 0 atom stereocenters. The van der Waals surface area contributed by atoms with Crippen molar-refractivity contribution in [3.05, 3.63) is 98.1 Å². The second-order valence-electron chi connectivity index (χ2n) is 6.97. The van der Waals surface area contributed by atoms with Crippen molar-refractivity contribution in [3.8, 4) is 11.5 Å². The van der Waals surface area contributed by atoms with Crippen molar-refractivity contribution >= 4 is 73.1 Å². The van der Waals surface area contributed by atoms with E-state index in [0.29, 0.717) is 16.7 Å². The fourth-order valence-electron chi connectivity index (χ4n) is 2.92. The second-order valence-corrected chi connectivity index (χ2v) is 9.20. The van der Waals surface area contributed by atoms with E-state index < -0.39 is 11.9 Å². The zero-order valence-corrected chi connectivity index (χ0v) is 21.1. The molecule has 170 valence electrons. The number of nitrogens with one attached hydrogen (secondary N) is 2. The number of carbonyl (C=O) groups is 3. The summed E-state index contributed by atoms with van der Waals surface area (Å²) in [6.07, 6.45) is 1.53. The van der Waals surface area contributed by atoms with Gasteiger partial charge in [-0.25, -0.2) is 9.59 Å². The summed E-state index contributed by atoms with van der Waals surface area (Å²) in [7, 11) is 0. The first-order valence-corrected chi connectivity index (χ1v) is 11.7. The van der Waals surface area contributed by atoms with Gasteiger partial charge in [0, 0.05) is 8.95 Å².